The molecule has 4 nitrogen and oxygen atoms in total. The average Bonchev–Trinajstić information content (AvgIpc) is 2.82. The lowest BCUT2D eigenvalue weighted by Crippen LogP contribution is -2.51. The molecule has 0 fully saturated rings. The Kier molecular flexibility index (Phi) is 9.55. The second-order valence-corrected chi connectivity index (χ2v) is 9.20. The Morgan fingerprint density at radius 2 is 1.56 bits per heavy atom. The van der Waals surface area contributed by atoms with Gasteiger partial charge in [0.25, 0.3) is 0 Å². The summed E-state index contributed by atoms with van der Waals surface area (Å²) in [5.74, 6) is -0.374. The summed E-state index contributed by atoms with van der Waals surface area (Å²) in [4.78, 5) is 28.7. The summed E-state index contributed by atoms with van der Waals surface area (Å²) in [6, 6.07) is 22.2. The monoisotopic (exact) mass is 496 g/mol. The summed E-state index contributed by atoms with van der Waals surface area (Å²) < 4.78 is 0. The first-order valence-corrected chi connectivity index (χ1v) is 12.2. The molecule has 0 saturated carbocycles. The Hall–Kier alpha value is -2.82. The molecule has 0 saturated heterocycles. The molecule has 0 aliphatic heterocycles. The van der Waals surface area contributed by atoms with Gasteiger partial charge < -0.3 is 10.2 Å². The predicted molar refractivity (Wildman–Crippen MR) is 139 cm³/mol. The Labute approximate surface area is 211 Å². The lowest BCUT2D eigenvalue weighted by atomic mass is 10.0. The Bertz CT molecular complexity index is 1100. The van der Waals surface area contributed by atoms with Gasteiger partial charge in [0, 0.05) is 29.6 Å². The first kappa shape index (κ1) is 25.8. The Balaban J connectivity index is 1.99. The topological polar surface area (TPSA) is 49.4 Å². The molecule has 34 heavy (non-hydrogen) atoms. The van der Waals surface area contributed by atoms with Gasteiger partial charge in [-0.25, -0.2) is 0 Å². The fourth-order valence-electron chi connectivity index (χ4n) is 3.88. The summed E-state index contributed by atoms with van der Waals surface area (Å²) in [6.07, 6.45) is 1.23. The SMILES string of the molecule is CCCNC(=O)[C@H](Cc1ccccc1)N(Cc1cccc(C)c1)C(=O)Cc1c(Cl)cccc1Cl. The fraction of sp³-hybridized carbons (Fsp3) is 0.286. The highest BCUT2D eigenvalue weighted by molar-refractivity contribution is 6.36. The third-order valence-corrected chi connectivity index (χ3v) is 6.35. The van der Waals surface area contributed by atoms with Gasteiger partial charge in [0.1, 0.15) is 6.04 Å². The van der Waals surface area contributed by atoms with Crippen molar-refractivity contribution in [3.8, 4) is 0 Å². The highest BCUT2D eigenvalue weighted by atomic mass is 35.5. The lowest BCUT2D eigenvalue weighted by molar-refractivity contribution is -0.140. The maximum Gasteiger partial charge on any atom is 0.243 e. The van der Waals surface area contributed by atoms with Crippen LogP contribution in [0.25, 0.3) is 0 Å². The first-order valence-electron chi connectivity index (χ1n) is 11.5. The summed E-state index contributed by atoms with van der Waals surface area (Å²) in [5, 5.41) is 3.86. The summed E-state index contributed by atoms with van der Waals surface area (Å²) in [7, 11) is 0. The predicted octanol–water partition coefficient (Wildman–Crippen LogP) is 6.01. The van der Waals surface area contributed by atoms with Gasteiger partial charge in [-0.05, 0) is 42.2 Å². The zero-order chi connectivity index (χ0) is 24.5. The molecule has 0 radical (unpaired) electrons. The minimum Gasteiger partial charge on any atom is -0.354 e. The van der Waals surface area contributed by atoms with Gasteiger partial charge in [-0.3, -0.25) is 9.59 Å². The minimum atomic E-state index is -0.678. The van der Waals surface area contributed by atoms with Crippen LogP contribution in [0.3, 0.4) is 0 Å². The number of nitrogens with zero attached hydrogens (tertiary/aromatic N) is 1. The van der Waals surface area contributed by atoms with Gasteiger partial charge in [-0.15, -0.1) is 0 Å². The highest BCUT2D eigenvalue weighted by Crippen LogP contribution is 2.26. The molecule has 1 atom stereocenters. The normalized spacial score (nSPS) is 11.6. The molecule has 0 bridgehead atoms. The molecule has 0 aromatic heterocycles. The molecule has 0 heterocycles. The highest BCUT2D eigenvalue weighted by Gasteiger charge is 2.31. The number of nitrogens with one attached hydrogen (secondary N) is 1. The fourth-order valence-corrected chi connectivity index (χ4v) is 4.41. The van der Waals surface area contributed by atoms with E-state index >= 15 is 0 Å². The molecule has 2 amide bonds. The van der Waals surface area contributed by atoms with Crippen molar-refractivity contribution in [3.63, 3.8) is 0 Å². The van der Waals surface area contributed by atoms with Crippen molar-refractivity contribution in [3.05, 3.63) is 105 Å². The number of halogens is 2. The van der Waals surface area contributed by atoms with E-state index in [4.69, 9.17) is 23.2 Å². The number of carbonyl (C=O) groups excluding carboxylic acids is 2. The van der Waals surface area contributed by atoms with Gasteiger partial charge in [-0.2, -0.15) is 0 Å². The molecule has 0 aliphatic rings. The van der Waals surface area contributed by atoms with Gasteiger partial charge in [0.15, 0.2) is 0 Å². The van der Waals surface area contributed by atoms with E-state index in [1.807, 2.05) is 68.4 Å². The van der Waals surface area contributed by atoms with Crippen LogP contribution in [0, 0.1) is 6.92 Å². The molecular formula is C28H30Cl2N2O2. The van der Waals surface area contributed by atoms with Crippen molar-refractivity contribution < 1.29 is 9.59 Å². The molecule has 0 spiro atoms. The second-order valence-electron chi connectivity index (χ2n) is 8.38. The van der Waals surface area contributed by atoms with Gasteiger partial charge in [-0.1, -0.05) is 96.4 Å². The molecular weight excluding hydrogens is 467 g/mol. The van der Waals surface area contributed by atoms with Crippen LogP contribution in [-0.2, 0) is 29.0 Å². The minimum absolute atomic E-state index is 0.0106. The standard InChI is InChI=1S/C28H30Cl2N2O2/c1-3-15-31-28(34)26(17-21-10-5-4-6-11-21)32(19-22-12-7-9-20(2)16-22)27(33)18-23-24(29)13-8-14-25(23)30/h4-14,16,26H,3,15,17-19H2,1-2H3,(H,31,34)/t26-/m0/s1. The van der Waals surface area contributed by atoms with Crippen LogP contribution >= 0.6 is 23.2 Å². The van der Waals surface area contributed by atoms with Crippen molar-refractivity contribution >= 4 is 35.0 Å². The number of hydrogen-bond acceptors (Lipinski definition) is 2. The lowest BCUT2D eigenvalue weighted by Gasteiger charge is -2.32. The summed E-state index contributed by atoms with van der Waals surface area (Å²) in [5.41, 5.74) is 3.60. The summed E-state index contributed by atoms with van der Waals surface area (Å²) in [6.45, 7) is 4.86. The number of benzene rings is 3. The zero-order valence-electron chi connectivity index (χ0n) is 19.6. The first-order chi connectivity index (χ1) is 16.4. The van der Waals surface area contributed by atoms with E-state index in [2.05, 4.69) is 5.32 Å². The van der Waals surface area contributed by atoms with Crippen molar-refractivity contribution in [1.29, 1.82) is 0 Å². The van der Waals surface area contributed by atoms with E-state index in [0.717, 1.165) is 23.1 Å². The van der Waals surface area contributed by atoms with Gasteiger partial charge >= 0.3 is 0 Å². The van der Waals surface area contributed by atoms with E-state index in [9.17, 15) is 9.59 Å². The number of amides is 2. The molecule has 3 rings (SSSR count). The second kappa shape index (κ2) is 12.6. The Morgan fingerprint density at radius 1 is 0.912 bits per heavy atom. The van der Waals surface area contributed by atoms with Crippen LogP contribution < -0.4 is 5.32 Å². The number of rotatable bonds is 10. The molecule has 0 unspecified atom stereocenters. The molecule has 0 aliphatic carbocycles. The van der Waals surface area contributed by atoms with Crippen LogP contribution in [0.5, 0.6) is 0 Å². The summed E-state index contributed by atoms with van der Waals surface area (Å²) >= 11 is 12.7. The van der Waals surface area contributed by atoms with E-state index in [-0.39, 0.29) is 18.2 Å². The third-order valence-electron chi connectivity index (χ3n) is 5.65. The molecule has 3 aromatic carbocycles. The largest absolute Gasteiger partial charge is 0.354 e. The van der Waals surface area contributed by atoms with Crippen molar-refractivity contribution in [1.82, 2.24) is 10.2 Å². The van der Waals surface area contributed by atoms with E-state index < -0.39 is 6.04 Å². The van der Waals surface area contributed by atoms with E-state index in [1.165, 1.54) is 0 Å². The van der Waals surface area contributed by atoms with Crippen LogP contribution in [0.4, 0.5) is 0 Å². The molecule has 1 N–H and O–H groups in total. The number of aryl methyl sites for hydroxylation is 1. The quantitative estimate of drug-likeness (QED) is 0.373. The van der Waals surface area contributed by atoms with Gasteiger partial charge in [0.05, 0.1) is 6.42 Å². The smallest absolute Gasteiger partial charge is 0.243 e. The van der Waals surface area contributed by atoms with Crippen LogP contribution in [0.1, 0.15) is 35.6 Å². The van der Waals surface area contributed by atoms with Crippen molar-refractivity contribution in [2.75, 3.05) is 6.54 Å². The third kappa shape index (κ3) is 7.09. The van der Waals surface area contributed by atoms with Crippen molar-refractivity contribution in [2.45, 2.75) is 45.7 Å². The van der Waals surface area contributed by atoms with Crippen LogP contribution in [0.2, 0.25) is 10.0 Å². The maximum atomic E-state index is 13.7. The van der Waals surface area contributed by atoms with Crippen LogP contribution in [-0.4, -0.2) is 29.3 Å². The van der Waals surface area contributed by atoms with E-state index in [0.29, 0.717) is 35.1 Å². The van der Waals surface area contributed by atoms with E-state index in [1.54, 1.807) is 23.1 Å². The average molecular weight is 497 g/mol. The number of hydrogen-bond donors (Lipinski definition) is 1. The number of carbonyl (C=O) groups is 2. The van der Waals surface area contributed by atoms with Crippen molar-refractivity contribution in [2.24, 2.45) is 0 Å². The molecule has 6 heteroatoms. The molecule has 3 aromatic rings. The maximum absolute atomic E-state index is 13.7. The van der Waals surface area contributed by atoms with Crippen LogP contribution in [0.15, 0.2) is 72.8 Å². The molecule has 178 valence electrons. The Morgan fingerprint density at radius 3 is 2.21 bits per heavy atom. The zero-order valence-corrected chi connectivity index (χ0v) is 21.1. The van der Waals surface area contributed by atoms with Gasteiger partial charge in [0.2, 0.25) is 11.8 Å².